The quantitative estimate of drug-likeness (QED) is 0.381. The third-order valence-electron chi connectivity index (χ3n) is 5.80. The molecule has 0 saturated carbocycles. The second kappa shape index (κ2) is 7.71. The molecule has 3 N–H and O–H groups in total. The fraction of sp³-hybridized carbons (Fsp3) is 0.231. The molecule has 0 fully saturated rings. The van der Waals surface area contributed by atoms with E-state index in [1.165, 1.54) is 11.3 Å². The standard InChI is InChI=1S/C26H27N5O/c1-26(2,3)23-16-24(31(30-23)19-11-12-21-18(15-19)13-14-27-21)29-25(32)28-22-10-6-8-17-7-4-5-9-20(17)22/h4-12,15-16,27H,13-14H2,1-3H3,(H2,28,29,32). The molecule has 0 saturated heterocycles. The minimum atomic E-state index is -0.300. The van der Waals surface area contributed by atoms with Gasteiger partial charge in [0.15, 0.2) is 0 Å². The van der Waals surface area contributed by atoms with Crippen molar-refractivity contribution in [3.05, 3.63) is 78.0 Å². The third-order valence-corrected chi connectivity index (χ3v) is 5.80. The first-order valence-corrected chi connectivity index (χ1v) is 10.9. The van der Waals surface area contributed by atoms with E-state index in [2.05, 4.69) is 48.9 Å². The topological polar surface area (TPSA) is 71.0 Å². The van der Waals surface area contributed by atoms with Gasteiger partial charge in [-0.1, -0.05) is 57.2 Å². The first-order chi connectivity index (χ1) is 15.4. The van der Waals surface area contributed by atoms with Crippen LogP contribution in [0.3, 0.4) is 0 Å². The van der Waals surface area contributed by atoms with Gasteiger partial charge in [0, 0.05) is 29.1 Å². The Kier molecular flexibility index (Phi) is 4.85. The number of aromatic nitrogens is 2. The molecular weight excluding hydrogens is 398 g/mol. The Hall–Kier alpha value is -3.80. The lowest BCUT2D eigenvalue weighted by Gasteiger charge is -2.14. The number of carbonyl (C=O) groups excluding carboxylic acids is 1. The van der Waals surface area contributed by atoms with E-state index in [-0.39, 0.29) is 11.4 Å². The zero-order chi connectivity index (χ0) is 22.3. The lowest BCUT2D eigenvalue weighted by atomic mass is 9.92. The predicted octanol–water partition coefficient (Wildman–Crippen LogP) is 5.94. The van der Waals surface area contributed by atoms with E-state index < -0.39 is 0 Å². The Morgan fingerprint density at radius 2 is 1.81 bits per heavy atom. The van der Waals surface area contributed by atoms with Gasteiger partial charge >= 0.3 is 6.03 Å². The van der Waals surface area contributed by atoms with Gasteiger partial charge < -0.3 is 10.6 Å². The molecule has 6 heteroatoms. The number of urea groups is 1. The van der Waals surface area contributed by atoms with E-state index in [1.54, 1.807) is 0 Å². The fourth-order valence-corrected chi connectivity index (χ4v) is 4.06. The Morgan fingerprint density at radius 1 is 1.00 bits per heavy atom. The maximum Gasteiger partial charge on any atom is 0.324 e. The smallest absolute Gasteiger partial charge is 0.324 e. The minimum absolute atomic E-state index is 0.147. The summed E-state index contributed by atoms with van der Waals surface area (Å²) in [5, 5.41) is 16.3. The highest BCUT2D eigenvalue weighted by Gasteiger charge is 2.22. The van der Waals surface area contributed by atoms with Gasteiger partial charge in [0.05, 0.1) is 17.1 Å². The molecule has 32 heavy (non-hydrogen) atoms. The number of nitrogens with one attached hydrogen (secondary N) is 3. The van der Waals surface area contributed by atoms with Gasteiger partial charge in [-0.3, -0.25) is 5.32 Å². The molecule has 0 radical (unpaired) electrons. The first kappa shape index (κ1) is 20.1. The van der Waals surface area contributed by atoms with Crippen molar-refractivity contribution in [3.8, 4) is 5.69 Å². The maximum absolute atomic E-state index is 13.0. The highest BCUT2D eigenvalue weighted by Crippen LogP contribution is 2.30. The molecule has 4 aromatic rings. The Bertz CT molecular complexity index is 1310. The molecule has 0 spiro atoms. The third kappa shape index (κ3) is 3.80. The molecule has 2 heterocycles. The fourth-order valence-electron chi connectivity index (χ4n) is 4.06. The monoisotopic (exact) mass is 425 g/mol. The maximum atomic E-state index is 13.0. The summed E-state index contributed by atoms with van der Waals surface area (Å²) in [7, 11) is 0. The summed E-state index contributed by atoms with van der Waals surface area (Å²) in [6, 6.07) is 21.8. The summed E-state index contributed by atoms with van der Waals surface area (Å²) in [6.07, 6.45) is 0.987. The lowest BCUT2D eigenvalue weighted by molar-refractivity contribution is 0.262. The molecule has 3 aromatic carbocycles. The highest BCUT2D eigenvalue weighted by molar-refractivity contribution is 6.06. The number of anilines is 3. The van der Waals surface area contributed by atoms with Crippen LogP contribution in [0.25, 0.3) is 16.5 Å². The second-order valence-electron chi connectivity index (χ2n) is 9.20. The number of hydrogen-bond acceptors (Lipinski definition) is 3. The van der Waals surface area contributed by atoms with Crippen molar-refractivity contribution in [3.63, 3.8) is 0 Å². The predicted molar refractivity (Wildman–Crippen MR) is 131 cm³/mol. The molecule has 0 atom stereocenters. The van der Waals surface area contributed by atoms with Crippen LogP contribution >= 0.6 is 0 Å². The largest absolute Gasteiger partial charge is 0.384 e. The van der Waals surface area contributed by atoms with Crippen molar-refractivity contribution in [1.82, 2.24) is 9.78 Å². The van der Waals surface area contributed by atoms with Crippen molar-refractivity contribution in [1.29, 1.82) is 0 Å². The van der Waals surface area contributed by atoms with Crippen LogP contribution in [0.15, 0.2) is 66.7 Å². The van der Waals surface area contributed by atoms with Crippen LogP contribution in [-0.4, -0.2) is 22.4 Å². The summed E-state index contributed by atoms with van der Waals surface area (Å²) >= 11 is 0. The molecule has 1 aliphatic heterocycles. The van der Waals surface area contributed by atoms with Crippen LogP contribution in [0, 0.1) is 0 Å². The number of fused-ring (bicyclic) bond motifs is 2. The van der Waals surface area contributed by atoms with E-state index >= 15 is 0 Å². The van der Waals surface area contributed by atoms with E-state index in [1.807, 2.05) is 59.3 Å². The van der Waals surface area contributed by atoms with Crippen LogP contribution < -0.4 is 16.0 Å². The summed E-state index contributed by atoms with van der Waals surface area (Å²) in [5.41, 5.74) is 4.90. The highest BCUT2D eigenvalue weighted by atomic mass is 16.2. The molecule has 0 unspecified atom stereocenters. The van der Waals surface area contributed by atoms with Crippen LogP contribution in [0.2, 0.25) is 0 Å². The van der Waals surface area contributed by atoms with Crippen molar-refractivity contribution in [2.45, 2.75) is 32.6 Å². The van der Waals surface area contributed by atoms with E-state index in [0.717, 1.165) is 40.8 Å². The van der Waals surface area contributed by atoms with Crippen molar-refractivity contribution in [2.24, 2.45) is 0 Å². The van der Waals surface area contributed by atoms with Crippen molar-refractivity contribution in [2.75, 3.05) is 22.5 Å². The van der Waals surface area contributed by atoms with Gasteiger partial charge in [-0.25, -0.2) is 9.48 Å². The van der Waals surface area contributed by atoms with Gasteiger partial charge in [-0.05, 0) is 41.6 Å². The number of amides is 2. The second-order valence-corrected chi connectivity index (χ2v) is 9.20. The van der Waals surface area contributed by atoms with Gasteiger partial charge in [-0.15, -0.1) is 0 Å². The van der Waals surface area contributed by atoms with E-state index in [0.29, 0.717) is 5.82 Å². The summed E-state index contributed by atoms with van der Waals surface area (Å²) in [5.74, 6) is 0.638. The SMILES string of the molecule is CC(C)(C)c1cc(NC(=O)Nc2cccc3ccccc23)n(-c2ccc3c(c2)CCN3)n1. The number of rotatable bonds is 3. The molecule has 0 aliphatic carbocycles. The van der Waals surface area contributed by atoms with Crippen LogP contribution in [-0.2, 0) is 11.8 Å². The van der Waals surface area contributed by atoms with Gasteiger partial charge in [0.25, 0.3) is 0 Å². The first-order valence-electron chi connectivity index (χ1n) is 10.9. The van der Waals surface area contributed by atoms with Crippen LogP contribution in [0.4, 0.5) is 22.0 Å². The molecule has 6 nitrogen and oxygen atoms in total. The average molecular weight is 426 g/mol. The molecule has 2 amide bonds. The summed E-state index contributed by atoms with van der Waals surface area (Å²) < 4.78 is 1.82. The van der Waals surface area contributed by atoms with Gasteiger partial charge in [-0.2, -0.15) is 5.10 Å². The molecular formula is C26H27N5O. The number of carbonyl (C=O) groups is 1. The average Bonchev–Trinajstić information content (AvgIpc) is 3.40. The Balaban J connectivity index is 1.47. The van der Waals surface area contributed by atoms with E-state index in [4.69, 9.17) is 5.10 Å². The summed E-state index contributed by atoms with van der Waals surface area (Å²) in [4.78, 5) is 13.0. The molecule has 1 aliphatic rings. The molecule has 1 aromatic heterocycles. The molecule has 162 valence electrons. The normalized spacial score (nSPS) is 13.0. The van der Waals surface area contributed by atoms with Crippen molar-refractivity contribution >= 4 is 34.0 Å². The van der Waals surface area contributed by atoms with E-state index in [9.17, 15) is 4.79 Å². The Labute approximate surface area is 187 Å². The Morgan fingerprint density at radius 3 is 2.66 bits per heavy atom. The zero-order valence-corrected chi connectivity index (χ0v) is 18.6. The summed E-state index contributed by atoms with van der Waals surface area (Å²) in [6.45, 7) is 7.30. The number of nitrogens with zero attached hydrogens (tertiary/aromatic N) is 2. The molecule has 0 bridgehead atoms. The lowest BCUT2D eigenvalue weighted by Crippen LogP contribution is -2.21. The molecule has 5 rings (SSSR count). The van der Waals surface area contributed by atoms with Crippen LogP contribution in [0.1, 0.15) is 32.0 Å². The van der Waals surface area contributed by atoms with Gasteiger partial charge in [0.2, 0.25) is 0 Å². The number of benzene rings is 3. The van der Waals surface area contributed by atoms with Crippen molar-refractivity contribution < 1.29 is 4.79 Å². The van der Waals surface area contributed by atoms with Gasteiger partial charge in [0.1, 0.15) is 5.82 Å². The number of hydrogen-bond donors (Lipinski definition) is 3. The minimum Gasteiger partial charge on any atom is -0.384 e. The van der Waals surface area contributed by atoms with Crippen LogP contribution in [0.5, 0.6) is 0 Å². The zero-order valence-electron chi connectivity index (χ0n) is 18.6.